The van der Waals surface area contributed by atoms with E-state index >= 15 is 0 Å². The van der Waals surface area contributed by atoms with Gasteiger partial charge in [0.15, 0.2) is 0 Å². The fourth-order valence-electron chi connectivity index (χ4n) is 2.23. The first-order valence-electron chi connectivity index (χ1n) is 8.33. The Labute approximate surface area is 148 Å². The number of hydrogen-bond donors (Lipinski definition) is 1. The lowest BCUT2D eigenvalue weighted by Crippen LogP contribution is -2.23. The third-order valence-corrected chi connectivity index (χ3v) is 3.66. The number of likely N-dealkylation sites (N-methyl/N-ethyl adjacent to an activating group) is 1. The van der Waals surface area contributed by atoms with Gasteiger partial charge < -0.3 is 15.0 Å². The average Bonchev–Trinajstić information content (AvgIpc) is 2.61. The summed E-state index contributed by atoms with van der Waals surface area (Å²) < 4.78 is 5.63. The van der Waals surface area contributed by atoms with Crippen LogP contribution < -0.4 is 10.1 Å². The fourth-order valence-corrected chi connectivity index (χ4v) is 2.23. The number of anilines is 1. The third-order valence-electron chi connectivity index (χ3n) is 3.66. The summed E-state index contributed by atoms with van der Waals surface area (Å²) in [4.78, 5) is 25.8. The number of rotatable bonds is 7. The molecule has 2 rings (SSSR count). The maximum absolute atomic E-state index is 12.5. The van der Waals surface area contributed by atoms with E-state index in [0.29, 0.717) is 30.0 Å². The number of carbonyl (C=O) groups is 2. The molecule has 0 fully saturated rings. The highest BCUT2D eigenvalue weighted by Crippen LogP contribution is 2.20. The highest BCUT2D eigenvalue weighted by Gasteiger charge is 2.12. The SMILES string of the molecule is CCCOc1ccccc1C(=O)Nc1ccc(CC(=O)N(C)C)cc1. The van der Waals surface area contributed by atoms with Crippen LogP contribution in [-0.2, 0) is 11.2 Å². The van der Waals surface area contributed by atoms with E-state index < -0.39 is 0 Å². The van der Waals surface area contributed by atoms with Gasteiger partial charge in [0.25, 0.3) is 5.91 Å². The van der Waals surface area contributed by atoms with Crippen LogP contribution in [0.25, 0.3) is 0 Å². The molecule has 0 aliphatic rings. The Morgan fingerprint density at radius 3 is 2.36 bits per heavy atom. The summed E-state index contributed by atoms with van der Waals surface area (Å²) in [6.45, 7) is 2.59. The van der Waals surface area contributed by atoms with E-state index in [0.717, 1.165) is 12.0 Å². The van der Waals surface area contributed by atoms with Crippen LogP contribution in [-0.4, -0.2) is 37.4 Å². The smallest absolute Gasteiger partial charge is 0.259 e. The van der Waals surface area contributed by atoms with Crippen molar-refractivity contribution < 1.29 is 14.3 Å². The molecule has 0 aliphatic carbocycles. The van der Waals surface area contributed by atoms with Gasteiger partial charge in [-0.2, -0.15) is 0 Å². The Balaban J connectivity index is 2.05. The van der Waals surface area contributed by atoms with Crippen LogP contribution >= 0.6 is 0 Å². The lowest BCUT2D eigenvalue weighted by Gasteiger charge is -2.12. The molecule has 5 nitrogen and oxygen atoms in total. The molecule has 0 bridgehead atoms. The summed E-state index contributed by atoms with van der Waals surface area (Å²) in [6.07, 6.45) is 1.22. The maximum Gasteiger partial charge on any atom is 0.259 e. The van der Waals surface area contributed by atoms with E-state index in [-0.39, 0.29) is 11.8 Å². The molecule has 25 heavy (non-hydrogen) atoms. The van der Waals surface area contributed by atoms with Crippen molar-refractivity contribution in [3.63, 3.8) is 0 Å². The first-order valence-corrected chi connectivity index (χ1v) is 8.33. The highest BCUT2D eigenvalue weighted by atomic mass is 16.5. The molecule has 0 atom stereocenters. The van der Waals surface area contributed by atoms with Crippen molar-refractivity contribution in [3.8, 4) is 5.75 Å². The summed E-state index contributed by atoms with van der Waals surface area (Å²) in [7, 11) is 3.46. The molecule has 0 radical (unpaired) electrons. The minimum absolute atomic E-state index is 0.0405. The Hall–Kier alpha value is -2.82. The van der Waals surface area contributed by atoms with Gasteiger partial charge in [0.2, 0.25) is 5.91 Å². The van der Waals surface area contributed by atoms with Gasteiger partial charge >= 0.3 is 0 Å². The van der Waals surface area contributed by atoms with Gasteiger partial charge in [-0.1, -0.05) is 31.2 Å². The summed E-state index contributed by atoms with van der Waals surface area (Å²) in [5, 5.41) is 2.86. The van der Waals surface area contributed by atoms with Crippen LogP contribution in [0.15, 0.2) is 48.5 Å². The molecule has 0 aromatic heterocycles. The molecular formula is C20H24N2O3. The molecule has 5 heteroatoms. The number of nitrogens with zero attached hydrogens (tertiary/aromatic N) is 1. The predicted molar refractivity (Wildman–Crippen MR) is 99.0 cm³/mol. The average molecular weight is 340 g/mol. The molecule has 0 heterocycles. The van der Waals surface area contributed by atoms with Gasteiger partial charge in [0.1, 0.15) is 5.75 Å². The second-order valence-corrected chi connectivity index (χ2v) is 5.96. The molecule has 0 saturated heterocycles. The first-order chi connectivity index (χ1) is 12.0. The van der Waals surface area contributed by atoms with Crippen LogP contribution in [0.1, 0.15) is 29.3 Å². The van der Waals surface area contributed by atoms with Crippen molar-refractivity contribution in [2.45, 2.75) is 19.8 Å². The quantitative estimate of drug-likeness (QED) is 0.841. The Bertz CT molecular complexity index is 724. The van der Waals surface area contributed by atoms with Crippen LogP contribution in [0.5, 0.6) is 5.75 Å². The van der Waals surface area contributed by atoms with E-state index in [1.165, 1.54) is 0 Å². The van der Waals surface area contributed by atoms with Gasteiger partial charge in [-0.25, -0.2) is 0 Å². The lowest BCUT2D eigenvalue weighted by atomic mass is 10.1. The largest absolute Gasteiger partial charge is 0.493 e. The number of para-hydroxylation sites is 1. The minimum atomic E-state index is -0.219. The van der Waals surface area contributed by atoms with E-state index in [4.69, 9.17) is 4.74 Å². The second kappa shape index (κ2) is 8.87. The van der Waals surface area contributed by atoms with Crippen LogP contribution in [0.4, 0.5) is 5.69 Å². The van der Waals surface area contributed by atoms with E-state index in [1.807, 2.05) is 31.2 Å². The minimum Gasteiger partial charge on any atom is -0.493 e. The van der Waals surface area contributed by atoms with Crippen molar-refractivity contribution in [2.24, 2.45) is 0 Å². The normalized spacial score (nSPS) is 10.2. The molecule has 0 spiro atoms. The molecule has 0 unspecified atom stereocenters. The topological polar surface area (TPSA) is 58.6 Å². The number of nitrogens with one attached hydrogen (secondary N) is 1. The van der Waals surface area contributed by atoms with Crippen molar-refractivity contribution in [1.82, 2.24) is 4.90 Å². The summed E-state index contributed by atoms with van der Waals surface area (Å²) >= 11 is 0. The van der Waals surface area contributed by atoms with Crippen LogP contribution in [0.2, 0.25) is 0 Å². The molecule has 1 N–H and O–H groups in total. The van der Waals surface area contributed by atoms with Crippen LogP contribution in [0, 0.1) is 0 Å². The Morgan fingerprint density at radius 2 is 1.72 bits per heavy atom. The molecule has 2 aromatic carbocycles. The third kappa shape index (κ3) is 5.35. The highest BCUT2D eigenvalue weighted by molar-refractivity contribution is 6.06. The molecule has 2 aromatic rings. The van der Waals surface area contributed by atoms with Crippen molar-refractivity contribution >= 4 is 17.5 Å². The summed E-state index contributed by atoms with van der Waals surface area (Å²) in [5.41, 5.74) is 2.09. The zero-order valence-corrected chi connectivity index (χ0v) is 14.9. The van der Waals surface area contributed by atoms with E-state index in [2.05, 4.69) is 5.32 Å². The van der Waals surface area contributed by atoms with E-state index in [1.54, 1.807) is 43.3 Å². The zero-order chi connectivity index (χ0) is 18.2. The fraction of sp³-hybridized carbons (Fsp3) is 0.300. The summed E-state index contributed by atoms with van der Waals surface area (Å²) in [6, 6.07) is 14.5. The number of carbonyl (C=O) groups excluding carboxylic acids is 2. The second-order valence-electron chi connectivity index (χ2n) is 5.96. The molecule has 2 amide bonds. The number of ether oxygens (including phenoxy) is 1. The lowest BCUT2D eigenvalue weighted by molar-refractivity contribution is -0.127. The monoisotopic (exact) mass is 340 g/mol. The maximum atomic E-state index is 12.5. The van der Waals surface area contributed by atoms with Gasteiger partial charge in [0, 0.05) is 19.8 Å². The first kappa shape index (κ1) is 18.5. The van der Waals surface area contributed by atoms with Gasteiger partial charge in [-0.15, -0.1) is 0 Å². The van der Waals surface area contributed by atoms with Crippen molar-refractivity contribution in [2.75, 3.05) is 26.0 Å². The van der Waals surface area contributed by atoms with Gasteiger partial charge in [-0.3, -0.25) is 9.59 Å². The van der Waals surface area contributed by atoms with Crippen LogP contribution in [0.3, 0.4) is 0 Å². The summed E-state index contributed by atoms with van der Waals surface area (Å²) in [5.74, 6) is 0.401. The Morgan fingerprint density at radius 1 is 1.04 bits per heavy atom. The number of hydrogen-bond acceptors (Lipinski definition) is 3. The predicted octanol–water partition coefficient (Wildman–Crippen LogP) is 3.36. The molecular weight excluding hydrogens is 316 g/mol. The van der Waals surface area contributed by atoms with Gasteiger partial charge in [-0.05, 0) is 36.2 Å². The Kier molecular flexibility index (Phi) is 6.57. The molecule has 0 aliphatic heterocycles. The molecule has 132 valence electrons. The standard InChI is InChI=1S/C20H24N2O3/c1-4-13-25-18-8-6-5-7-17(18)20(24)21-16-11-9-15(10-12-16)14-19(23)22(2)3/h5-12H,4,13-14H2,1-3H3,(H,21,24). The van der Waals surface area contributed by atoms with Crippen molar-refractivity contribution in [3.05, 3.63) is 59.7 Å². The van der Waals surface area contributed by atoms with Crippen molar-refractivity contribution in [1.29, 1.82) is 0 Å². The number of amides is 2. The number of benzene rings is 2. The molecule has 0 saturated carbocycles. The van der Waals surface area contributed by atoms with E-state index in [9.17, 15) is 9.59 Å². The van der Waals surface area contributed by atoms with Gasteiger partial charge in [0.05, 0.1) is 18.6 Å². The zero-order valence-electron chi connectivity index (χ0n) is 14.9.